The van der Waals surface area contributed by atoms with Gasteiger partial charge in [-0.1, -0.05) is 42.5 Å². The zero-order valence-corrected chi connectivity index (χ0v) is 34.8. The van der Waals surface area contributed by atoms with Crippen molar-refractivity contribution in [2.24, 2.45) is 0 Å². The number of nitrogens with one attached hydrogen (secondary N) is 5. The maximum Gasteiger partial charge on any atom is 0.260 e. The number of likely N-dealkylation sites (N-methyl/N-ethyl adjacent to an activating group) is 1. The summed E-state index contributed by atoms with van der Waals surface area (Å²) in [6.07, 6.45) is 2.15. The molecule has 5 aromatic rings. The van der Waals surface area contributed by atoms with Crippen LogP contribution in [0.1, 0.15) is 46.5 Å². The number of nitrogens with zero attached hydrogens (tertiary/aromatic N) is 1. The Balaban J connectivity index is 1.14. The molecule has 13 nitrogen and oxygen atoms in total. The monoisotopic (exact) mass is 812 g/mol. The third kappa shape index (κ3) is 8.81. The Hall–Kier alpha value is -6.73. The van der Waals surface area contributed by atoms with E-state index in [1.54, 1.807) is 34.3 Å². The van der Waals surface area contributed by atoms with E-state index in [1.807, 2.05) is 85.6 Å². The minimum atomic E-state index is -0.426. The zero-order chi connectivity index (χ0) is 42.3. The zero-order valence-electron chi connectivity index (χ0n) is 34.8. The standard InChI is InChI=1S/C47H52N6O7/c1-28(51-27-54)15-32-11-7-9-13-36(32)37-20-42(57-5)44(22-39(37)49-4)59-25-30-16-31(18-34(17-30)52-46(55)29(2)48-3)26-60-45-23-40-38(21-43(45)58-6)47(56)53-35(24-50-40)19-33-12-8-10-14-41(33)53/h7-14,16-18,20-23,27-29,35,48-50H,15,19,24-26H2,1-6H3,(H,51,54)(H,52,55)/t28-,29?,35?/m1/s1. The molecule has 3 amide bonds. The molecular formula is C47H52N6O7. The molecule has 5 aromatic carbocycles. The molecule has 2 unspecified atom stereocenters. The van der Waals surface area contributed by atoms with Gasteiger partial charge in [0, 0.05) is 54.4 Å². The number of benzene rings is 5. The van der Waals surface area contributed by atoms with Gasteiger partial charge < -0.3 is 50.4 Å². The van der Waals surface area contributed by atoms with E-state index < -0.39 is 6.04 Å². The topological polar surface area (TPSA) is 152 Å². The molecule has 0 saturated carbocycles. The molecule has 0 aromatic heterocycles. The van der Waals surface area contributed by atoms with Crippen LogP contribution < -0.4 is 50.4 Å². The maximum absolute atomic E-state index is 14.0. The summed E-state index contributed by atoms with van der Waals surface area (Å²) >= 11 is 0. The average molecular weight is 813 g/mol. The largest absolute Gasteiger partial charge is 0.493 e. The van der Waals surface area contributed by atoms with Gasteiger partial charge >= 0.3 is 0 Å². The Morgan fingerprint density at radius 1 is 0.833 bits per heavy atom. The van der Waals surface area contributed by atoms with Crippen molar-refractivity contribution in [1.29, 1.82) is 0 Å². The number of ether oxygens (including phenoxy) is 4. The highest BCUT2D eigenvalue weighted by atomic mass is 16.5. The van der Waals surface area contributed by atoms with Gasteiger partial charge in [0.2, 0.25) is 12.3 Å². The summed E-state index contributed by atoms with van der Waals surface area (Å²) in [7, 11) is 6.74. The van der Waals surface area contributed by atoms with Crippen LogP contribution in [-0.2, 0) is 35.6 Å². The second kappa shape index (κ2) is 18.5. The summed E-state index contributed by atoms with van der Waals surface area (Å²) in [4.78, 5) is 40.0. The van der Waals surface area contributed by atoms with E-state index in [4.69, 9.17) is 18.9 Å². The molecule has 312 valence electrons. The molecule has 7 rings (SSSR count). The van der Waals surface area contributed by atoms with Crippen LogP contribution in [0.2, 0.25) is 0 Å². The fourth-order valence-corrected chi connectivity index (χ4v) is 7.85. The van der Waals surface area contributed by atoms with Gasteiger partial charge in [-0.3, -0.25) is 14.4 Å². The first-order valence-corrected chi connectivity index (χ1v) is 20.1. The van der Waals surface area contributed by atoms with Gasteiger partial charge in [0.25, 0.3) is 5.91 Å². The first-order chi connectivity index (χ1) is 29.1. The quantitative estimate of drug-likeness (QED) is 0.0636. The van der Waals surface area contributed by atoms with Crippen molar-refractivity contribution in [2.75, 3.05) is 55.7 Å². The Morgan fingerprint density at radius 2 is 1.50 bits per heavy atom. The molecular weight excluding hydrogens is 761 g/mol. The molecule has 2 heterocycles. The van der Waals surface area contributed by atoms with Crippen LogP contribution in [0.25, 0.3) is 11.1 Å². The highest BCUT2D eigenvalue weighted by molar-refractivity contribution is 6.12. The number of fused-ring (bicyclic) bond motifs is 4. The van der Waals surface area contributed by atoms with Crippen molar-refractivity contribution in [2.45, 2.75) is 58.0 Å². The number of para-hydroxylation sites is 1. The van der Waals surface area contributed by atoms with Gasteiger partial charge in [-0.15, -0.1) is 0 Å². The Labute approximate surface area is 350 Å². The highest BCUT2D eigenvalue weighted by Crippen LogP contribution is 2.42. The van der Waals surface area contributed by atoms with E-state index in [0.29, 0.717) is 52.9 Å². The smallest absolute Gasteiger partial charge is 0.260 e. The Bertz CT molecular complexity index is 2390. The minimum absolute atomic E-state index is 0.00654. The lowest BCUT2D eigenvalue weighted by molar-refractivity contribution is -0.117. The average Bonchev–Trinajstić information content (AvgIpc) is 3.58. The molecule has 0 radical (unpaired) electrons. The molecule has 13 heteroatoms. The van der Waals surface area contributed by atoms with Gasteiger partial charge in [0.15, 0.2) is 23.0 Å². The number of amides is 3. The Morgan fingerprint density at radius 3 is 2.18 bits per heavy atom. The van der Waals surface area contributed by atoms with Crippen LogP contribution in [0.3, 0.4) is 0 Å². The summed E-state index contributed by atoms with van der Waals surface area (Å²) in [5, 5.41) is 15.6. The molecule has 3 atom stereocenters. The van der Waals surface area contributed by atoms with Crippen molar-refractivity contribution in [3.63, 3.8) is 0 Å². The van der Waals surface area contributed by atoms with Crippen molar-refractivity contribution in [3.8, 4) is 34.1 Å². The molecule has 5 N–H and O–H groups in total. The Kier molecular flexibility index (Phi) is 12.7. The molecule has 60 heavy (non-hydrogen) atoms. The first kappa shape index (κ1) is 41.4. The number of methoxy groups -OCH3 is 2. The summed E-state index contributed by atoms with van der Waals surface area (Å²) < 4.78 is 24.5. The summed E-state index contributed by atoms with van der Waals surface area (Å²) in [5.41, 5.74) is 9.26. The van der Waals surface area contributed by atoms with E-state index in [1.165, 1.54) is 0 Å². The van der Waals surface area contributed by atoms with Gasteiger partial charge in [-0.2, -0.15) is 0 Å². The lowest BCUT2D eigenvalue weighted by atomic mass is 9.94. The SMILES string of the molecule is CNc1cc(OCc2cc(COc3cc4c(cc3OC)C(=O)N3c5ccccc5CC3CN4)cc(NC(=O)C(C)NC)c2)c(OC)cc1-c1ccccc1C[C@@H](C)NC=O. The van der Waals surface area contributed by atoms with Crippen LogP contribution in [0.15, 0.2) is 91.0 Å². The maximum atomic E-state index is 14.0. The molecule has 2 aliphatic rings. The number of carbonyl (C=O) groups excluding carboxylic acids is 3. The van der Waals surface area contributed by atoms with E-state index in [9.17, 15) is 14.4 Å². The van der Waals surface area contributed by atoms with Gasteiger partial charge in [-0.25, -0.2) is 0 Å². The normalized spacial score (nSPS) is 14.9. The summed E-state index contributed by atoms with van der Waals surface area (Å²) in [6, 6.07) is 28.8. The molecule has 0 fully saturated rings. The molecule has 0 bridgehead atoms. The molecule has 0 saturated heterocycles. The van der Waals surface area contributed by atoms with Gasteiger partial charge in [0.1, 0.15) is 13.2 Å². The first-order valence-electron chi connectivity index (χ1n) is 20.1. The van der Waals surface area contributed by atoms with Gasteiger partial charge in [-0.05, 0) is 98.0 Å². The lowest BCUT2D eigenvalue weighted by Crippen LogP contribution is -2.39. The summed E-state index contributed by atoms with van der Waals surface area (Å²) in [6.45, 7) is 4.62. The predicted octanol–water partition coefficient (Wildman–Crippen LogP) is 6.79. The molecule has 0 aliphatic carbocycles. The van der Waals surface area contributed by atoms with Crippen LogP contribution in [-0.4, -0.2) is 71.2 Å². The second-order valence-corrected chi connectivity index (χ2v) is 15.1. The third-order valence-electron chi connectivity index (χ3n) is 11.0. The van der Waals surface area contributed by atoms with E-state index >= 15 is 0 Å². The number of rotatable bonds is 17. The second-order valence-electron chi connectivity index (χ2n) is 15.1. The lowest BCUT2D eigenvalue weighted by Gasteiger charge is -2.22. The van der Waals surface area contributed by atoms with E-state index in [0.717, 1.165) is 57.6 Å². The fourth-order valence-electron chi connectivity index (χ4n) is 7.85. The number of hydrogen-bond donors (Lipinski definition) is 5. The van der Waals surface area contributed by atoms with Crippen LogP contribution in [0.5, 0.6) is 23.0 Å². The fraction of sp³-hybridized carbons (Fsp3) is 0.298. The van der Waals surface area contributed by atoms with Crippen LogP contribution in [0, 0.1) is 0 Å². The van der Waals surface area contributed by atoms with Crippen molar-refractivity contribution in [1.82, 2.24) is 10.6 Å². The van der Waals surface area contributed by atoms with Crippen molar-refractivity contribution >= 4 is 41.0 Å². The van der Waals surface area contributed by atoms with Gasteiger partial charge in [0.05, 0.1) is 37.6 Å². The molecule has 2 aliphatic heterocycles. The van der Waals surface area contributed by atoms with Crippen molar-refractivity contribution in [3.05, 3.63) is 119 Å². The minimum Gasteiger partial charge on any atom is -0.493 e. The van der Waals surface area contributed by atoms with Crippen LogP contribution in [0.4, 0.5) is 22.7 Å². The number of anilines is 4. The van der Waals surface area contributed by atoms with E-state index in [-0.39, 0.29) is 37.1 Å². The van der Waals surface area contributed by atoms with Crippen molar-refractivity contribution < 1.29 is 33.3 Å². The number of hydrogen-bond acceptors (Lipinski definition) is 10. The van der Waals surface area contributed by atoms with Crippen LogP contribution >= 0.6 is 0 Å². The highest BCUT2D eigenvalue weighted by Gasteiger charge is 2.37. The predicted molar refractivity (Wildman–Crippen MR) is 235 cm³/mol. The van der Waals surface area contributed by atoms with E-state index in [2.05, 4.69) is 44.8 Å². The third-order valence-corrected chi connectivity index (χ3v) is 11.0. The number of carbonyl (C=O) groups is 3. The molecule has 0 spiro atoms. The summed E-state index contributed by atoms with van der Waals surface area (Å²) in [5.74, 6) is 1.68.